The van der Waals surface area contributed by atoms with Gasteiger partial charge in [0.15, 0.2) is 0 Å². The van der Waals surface area contributed by atoms with E-state index in [1.165, 1.54) is 27.5 Å². The third-order valence-electron chi connectivity index (χ3n) is 5.09. The average Bonchev–Trinajstić information content (AvgIpc) is 3.33. The number of allylic oxidation sites excluding steroid dienone is 1. The number of carbonyl (C=O) groups is 4. The second-order valence-corrected chi connectivity index (χ2v) is 8.51. The van der Waals surface area contributed by atoms with Crippen LogP contribution in [0, 0.1) is 0 Å². The lowest BCUT2D eigenvalue weighted by Gasteiger charge is -2.28. The molecule has 1 aromatic heterocycles. The number of aliphatic imine (C=N–C) groups is 1. The monoisotopic (exact) mass is 498 g/mol. The van der Waals surface area contributed by atoms with Crippen LogP contribution >= 0.6 is 11.3 Å². The second kappa shape index (κ2) is 14.7. The number of aromatic nitrogens is 1. The minimum absolute atomic E-state index is 0.100. The highest BCUT2D eigenvalue weighted by Gasteiger charge is 2.27. The molecule has 2 aromatic rings. The van der Waals surface area contributed by atoms with Crippen molar-refractivity contribution >= 4 is 52.3 Å². The zero-order chi connectivity index (χ0) is 25.6. The number of thiazole rings is 1. The summed E-state index contributed by atoms with van der Waals surface area (Å²) in [6.07, 6.45) is 5.99. The molecular formula is C24H30N6O4S. The summed E-state index contributed by atoms with van der Waals surface area (Å²) in [5, 5.41) is 4.01. The Kier molecular flexibility index (Phi) is 11.6. The minimum Gasteiger partial charge on any atom is -0.343 e. The molecule has 0 bridgehead atoms. The van der Waals surface area contributed by atoms with E-state index in [1.807, 2.05) is 18.2 Å². The normalized spacial score (nSPS) is 12.6. The van der Waals surface area contributed by atoms with Crippen LogP contribution in [0.1, 0.15) is 25.3 Å². The van der Waals surface area contributed by atoms with Crippen molar-refractivity contribution in [3.05, 3.63) is 53.6 Å². The van der Waals surface area contributed by atoms with E-state index in [-0.39, 0.29) is 38.4 Å². The predicted octanol–water partition coefficient (Wildman–Crippen LogP) is 1.62. The summed E-state index contributed by atoms with van der Waals surface area (Å²) in [4.78, 5) is 57.7. The van der Waals surface area contributed by atoms with E-state index >= 15 is 0 Å². The summed E-state index contributed by atoms with van der Waals surface area (Å²) in [5.74, 6) is 4.96. The lowest BCUT2D eigenvalue weighted by molar-refractivity contribution is -0.137. The number of nitrogens with one attached hydrogen (secondary N) is 1. The Morgan fingerprint density at radius 3 is 2.83 bits per heavy atom. The van der Waals surface area contributed by atoms with Gasteiger partial charge in [-0.15, -0.1) is 17.9 Å². The maximum Gasteiger partial charge on any atom is 0.245 e. The summed E-state index contributed by atoms with van der Waals surface area (Å²) in [6, 6.07) is 4.75. The second-order valence-electron chi connectivity index (χ2n) is 7.62. The van der Waals surface area contributed by atoms with E-state index in [9.17, 15) is 19.2 Å². The van der Waals surface area contributed by atoms with Crippen molar-refractivity contribution in [3.63, 3.8) is 0 Å². The van der Waals surface area contributed by atoms with Gasteiger partial charge in [-0.05, 0) is 24.1 Å². The average molecular weight is 499 g/mol. The number of para-hydroxylation sites is 1. The summed E-state index contributed by atoms with van der Waals surface area (Å²) < 4.78 is 0.988. The first kappa shape index (κ1) is 27.7. The third kappa shape index (κ3) is 8.63. The van der Waals surface area contributed by atoms with Crippen molar-refractivity contribution in [2.24, 2.45) is 10.8 Å². The van der Waals surface area contributed by atoms with E-state index < -0.39 is 11.9 Å². The van der Waals surface area contributed by atoms with E-state index in [0.29, 0.717) is 18.5 Å². The third-order valence-corrected chi connectivity index (χ3v) is 5.88. The van der Waals surface area contributed by atoms with Gasteiger partial charge in [0.1, 0.15) is 12.3 Å². The number of nitrogens with zero attached hydrogens (tertiary/aromatic N) is 4. The lowest BCUT2D eigenvalue weighted by atomic mass is 10.0. The number of hydrogen-bond acceptors (Lipinski definition) is 8. The van der Waals surface area contributed by atoms with Gasteiger partial charge in [0.25, 0.3) is 0 Å². The van der Waals surface area contributed by atoms with Crippen molar-refractivity contribution in [3.8, 4) is 0 Å². The molecule has 2 rings (SSSR count). The minimum atomic E-state index is -0.967. The number of hydrogen-bond donors (Lipinski definition) is 2. The van der Waals surface area contributed by atoms with Crippen LogP contribution in [0.15, 0.2) is 53.0 Å². The van der Waals surface area contributed by atoms with Crippen LogP contribution in [-0.2, 0) is 25.7 Å². The number of amides is 3. The lowest BCUT2D eigenvalue weighted by Crippen LogP contribution is -2.51. The first-order chi connectivity index (χ1) is 16.9. The van der Waals surface area contributed by atoms with Crippen LogP contribution < -0.4 is 11.2 Å². The highest BCUT2D eigenvalue weighted by molar-refractivity contribution is 7.16. The molecular weight excluding hydrogens is 468 g/mol. The fraction of sp³-hybridized carbons (Fsp3) is 0.333. The summed E-state index contributed by atoms with van der Waals surface area (Å²) >= 11 is 1.50. The highest BCUT2D eigenvalue weighted by Crippen LogP contribution is 2.23. The summed E-state index contributed by atoms with van der Waals surface area (Å²) in [6.45, 7) is 5.87. The maximum atomic E-state index is 13.7. The van der Waals surface area contributed by atoms with Gasteiger partial charge in [-0.25, -0.2) is 15.0 Å². The molecule has 0 saturated heterocycles. The number of nitrogens with two attached hydrogens (primary N) is 1. The molecule has 0 unspecified atom stereocenters. The molecule has 35 heavy (non-hydrogen) atoms. The largest absolute Gasteiger partial charge is 0.343 e. The topological polar surface area (TPSA) is 138 Å². The van der Waals surface area contributed by atoms with Crippen molar-refractivity contribution in [2.45, 2.75) is 32.4 Å². The molecule has 1 aromatic carbocycles. The van der Waals surface area contributed by atoms with Gasteiger partial charge in [-0.3, -0.25) is 20.2 Å². The fourth-order valence-electron chi connectivity index (χ4n) is 3.44. The number of rotatable bonds is 15. The Bertz CT molecular complexity index is 1100. The van der Waals surface area contributed by atoms with Crippen LogP contribution in [0.4, 0.5) is 0 Å². The molecule has 0 spiro atoms. The molecule has 0 radical (unpaired) electrons. The van der Waals surface area contributed by atoms with Crippen LogP contribution in [0.3, 0.4) is 0 Å². The fourth-order valence-corrected chi connectivity index (χ4v) is 4.16. The number of aldehydes is 1. The van der Waals surface area contributed by atoms with Gasteiger partial charge in [0, 0.05) is 38.7 Å². The van der Waals surface area contributed by atoms with Gasteiger partial charge in [-0.2, -0.15) is 0 Å². The van der Waals surface area contributed by atoms with E-state index in [0.717, 1.165) is 22.1 Å². The van der Waals surface area contributed by atoms with Crippen LogP contribution in [0.2, 0.25) is 0 Å². The number of hydrazine groups is 1. The first-order valence-corrected chi connectivity index (χ1v) is 11.9. The Labute approximate surface area is 208 Å². The molecule has 1 heterocycles. The Morgan fingerprint density at radius 2 is 2.14 bits per heavy atom. The maximum absolute atomic E-state index is 13.7. The molecule has 186 valence electrons. The molecule has 11 heteroatoms. The SMILES string of the molecule is C=CCN(N)CC(=O)N[C@@H](CC(/C=N\C=O)=C/C)C(=O)N(CCC=O)Cc1cccc2scnc12. The molecule has 0 fully saturated rings. The molecule has 0 saturated carbocycles. The van der Waals surface area contributed by atoms with Crippen LogP contribution in [0.25, 0.3) is 10.2 Å². The number of fused-ring (bicyclic) bond motifs is 1. The van der Waals surface area contributed by atoms with Crippen LogP contribution in [0.5, 0.6) is 0 Å². The number of carbonyl (C=O) groups excluding carboxylic acids is 4. The van der Waals surface area contributed by atoms with Crippen molar-refractivity contribution < 1.29 is 19.2 Å². The Morgan fingerprint density at radius 1 is 1.34 bits per heavy atom. The first-order valence-electron chi connectivity index (χ1n) is 11.0. The van der Waals surface area contributed by atoms with E-state index in [4.69, 9.17) is 5.84 Å². The van der Waals surface area contributed by atoms with Crippen molar-refractivity contribution in [1.29, 1.82) is 0 Å². The van der Waals surface area contributed by atoms with Crippen molar-refractivity contribution in [1.82, 2.24) is 20.2 Å². The molecule has 1 atom stereocenters. The van der Waals surface area contributed by atoms with E-state index in [2.05, 4.69) is 21.9 Å². The van der Waals surface area contributed by atoms with Crippen LogP contribution in [-0.4, -0.2) is 71.3 Å². The van der Waals surface area contributed by atoms with Gasteiger partial charge >= 0.3 is 0 Å². The molecule has 0 aliphatic carbocycles. The quantitative estimate of drug-likeness (QED) is 0.125. The predicted molar refractivity (Wildman–Crippen MR) is 137 cm³/mol. The zero-order valence-electron chi connectivity index (χ0n) is 19.6. The standard InChI is InChI=1S/C24H30N6O4S/c1-3-9-30(25)15-22(33)28-20(12-18(4-2)13-26-16-32)24(34)29(10-6-11-31)14-19-7-5-8-21-23(19)27-17-35-21/h3-5,7-8,11,13,16-17,20H,1,6,9-10,12,14-15,25H2,2H3,(H,28,33)/b18-4-,26-13-/t20-/m0/s1. The highest BCUT2D eigenvalue weighted by atomic mass is 32.1. The van der Waals surface area contributed by atoms with Gasteiger partial charge < -0.3 is 15.0 Å². The van der Waals surface area contributed by atoms with E-state index in [1.54, 1.807) is 24.6 Å². The van der Waals surface area contributed by atoms with Gasteiger partial charge in [0.05, 0.1) is 22.3 Å². The number of benzene rings is 1. The summed E-state index contributed by atoms with van der Waals surface area (Å²) in [7, 11) is 0. The van der Waals surface area contributed by atoms with Crippen molar-refractivity contribution in [2.75, 3.05) is 19.6 Å². The molecule has 3 N–H and O–H groups in total. The molecule has 0 aliphatic heterocycles. The molecule has 10 nitrogen and oxygen atoms in total. The van der Waals surface area contributed by atoms with Gasteiger partial charge in [0.2, 0.25) is 18.2 Å². The molecule has 3 amide bonds. The Hall–Kier alpha value is -3.54. The van der Waals surface area contributed by atoms with Gasteiger partial charge in [-0.1, -0.05) is 24.3 Å². The summed E-state index contributed by atoms with van der Waals surface area (Å²) in [5.41, 5.74) is 3.95. The smallest absolute Gasteiger partial charge is 0.245 e. The Balaban J connectivity index is 2.33. The zero-order valence-corrected chi connectivity index (χ0v) is 20.4. The molecule has 0 aliphatic rings.